The van der Waals surface area contributed by atoms with Gasteiger partial charge in [0.25, 0.3) is 5.89 Å². The van der Waals surface area contributed by atoms with Crippen LogP contribution in [0.15, 0.2) is 4.52 Å². The Morgan fingerprint density at radius 3 is 2.82 bits per heavy atom. The third kappa shape index (κ3) is 5.25. The molecule has 0 saturated carbocycles. The largest absolute Gasteiger partial charge is 0.379 e. The van der Waals surface area contributed by atoms with E-state index in [1.807, 2.05) is 20.8 Å². The first-order chi connectivity index (χ1) is 8.13. The van der Waals surface area contributed by atoms with Crippen molar-refractivity contribution in [3.63, 3.8) is 0 Å². The molecule has 0 aliphatic heterocycles. The Kier molecular flexibility index (Phi) is 6.10. The third-order valence-corrected chi connectivity index (χ3v) is 2.00. The van der Waals surface area contributed by atoms with Gasteiger partial charge in [-0.05, 0) is 20.3 Å². The monoisotopic (exact) mass is 243 g/mol. The van der Waals surface area contributed by atoms with E-state index in [2.05, 4.69) is 10.1 Å². The lowest BCUT2D eigenvalue weighted by molar-refractivity contribution is 0.0485. The van der Waals surface area contributed by atoms with E-state index in [-0.39, 0.29) is 12.1 Å². The molecule has 0 aliphatic rings. The molecule has 0 fully saturated rings. The molecule has 17 heavy (non-hydrogen) atoms. The maximum absolute atomic E-state index is 5.85. The number of nitrogens with zero attached hydrogens (tertiary/aromatic N) is 2. The fourth-order valence-corrected chi connectivity index (χ4v) is 1.14. The Morgan fingerprint density at radius 2 is 2.18 bits per heavy atom. The Balaban J connectivity index is 2.38. The number of aromatic nitrogens is 2. The van der Waals surface area contributed by atoms with Gasteiger partial charge in [0.05, 0.1) is 18.8 Å². The standard InChI is InChI=1S/C11H21N3O3/c1-4-5-15-6-9(12)11-13-10(17-14-11)7-16-8(2)3/h8-9H,4-7,12H2,1-3H3. The van der Waals surface area contributed by atoms with Crippen molar-refractivity contribution in [1.82, 2.24) is 10.1 Å². The summed E-state index contributed by atoms with van der Waals surface area (Å²) in [6, 6.07) is -0.349. The maximum Gasteiger partial charge on any atom is 0.252 e. The van der Waals surface area contributed by atoms with Crippen LogP contribution in [0.5, 0.6) is 0 Å². The second kappa shape index (κ2) is 7.37. The van der Waals surface area contributed by atoms with E-state index in [1.165, 1.54) is 0 Å². The molecule has 98 valence electrons. The highest BCUT2D eigenvalue weighted by molar-refractivity contribution is 4.92. The fraction of sp³-hybridized carbons (Fsp3) is 0.818. The van der Waals surface area contributed by atoms with Crippen molar-refractivity contribution < 1.29 is 14.0 Å². The predicted octanol–water partition coefficient (Wildman–Crippen LogP) is 1.42. The van der Waals surface area contributed by atoms with Crippen molar-refractivity contribution in [3.8, 4) is 0 Å². The van der Waals surface area contributed by atoms with E-state index in [9.17, 15) is 0 Å². The first kappa shape index (κ1) is 14.1. The second-order valence-corrected chi connectivity index (χ2v) is 4.09. The molecular formula is C11H21N3O3. The van der Waals surface area contributed by atoms with Crippen molar-refractivity contribution in [2.24, 2.45) is 5.73 Å². The third-order valence-electron chi connectivity index (χ3n) is 2.00. The molecule has 1 unspecified atom stereocenters. The summed E-state index contributed by atoms with van der Waals surface area (Å²) in [7, 11) is 0. The molecule has 1 atom stereocenters. The molecule has 0 spiro atoms. The van der Waals surface area contributed by atoms with Crippen LogP contribution in [-0.2, 0) is 16.1 Å². The first-order valence-electron chi connectivity index (χ1n) is 5.90. The predicted molar refractivity (Wildman–Crippen MR) is 62.3 cm³/mol. The van der Waals surface area contributed by atoms with Gasteiger partial charge in [0.1, 0.15) is 6.61 Å². The second-order valence-electron chi connectivity index (χ2n) is 4.09. The van der Waals surface area contributed by atoms with Gasteiger partial charge in [-0.25, -0.2) is 0 Å². The summed E-state index contributed by atoms with van der Waals surface area (Å²) >= 11 is 0. The lowest BCUT2D eigenvalue weighted by Gasteiger charge is -2.06. The van der Waals surface area contributed by atoms with Gasteiger partial charge in [-0.1, -0.05) is 12.1 Å². The maximum atomic E-state index is 5.85. The number of nitrogens with two attached hydrogens (primary N) is 1. The van der Waals surface area contributed by atoms with Gasteiger partial charge >= 0.3 is 0 Å². The minimum atomic E-state index is -0.349. The number of hydrogen-bond acceptors (Lipinski definition) is 6. The van der Waals surface area contributed by atoms with E-state index < -0.39 is 0 Å². The molecule has 0 amide bonds. The van der Waals surface area contributed by atoms with E-state index in [4.69, 9.17) is 19.7 Å². The van der Waals surface area contributed by atoms with Crippen LogP contribution in [0.2, 0.25) is 0 Å². The topological polar surface area (TPSA) is 83.4 Å². The van der Waals surface area contributed by atoms with Gasteiger partial charge in [-0.2, -0.15) is 4.98 Å². The normalized spacial score (nSPS) is 13.2. The molecule has 6 heteroatoms. The van der Waals surface area contributed by atoms with E-state index in [0.29, 0.717) is 31.5 Å². The molecule has 1 rings (SSSR count). The molecule has 0 radical (unpaired) electrons. The molecule has 0 bridgehead atoms. The molecule has 6 nitrogen and oxygen atoms in total. The highest BCUT2D eigenvalue weighted by Gasteiger charge is 2.14. The first-order valence-corrected chi connectivity index (χ1v) is 5.90. The van der Waals surface area contributed by atoms with Crippen molar-refractivity contribution in [1.29, 1.82) is 0 Å². The van der Waals surface area contributed by atoms with Crippen LogP contribution in [0, 0.1) is 0 Å². The minimum absolute atomic E-state index is 0.131. The van der Waals surface area contributed by atoms with Crippen LogP contribution in [0.4, 0.5) is 0 Å². The highest BCUT2D eigenvalue weighted by atomic mass is 16.5. The molecule has 1 aromatic rings. The Hall–Kier alpha value is -0.980. The Labute approximate surface area is 101 Å². The zero-order chi connectivity index (χ0) is 12.7. The summed E-state index contributed by atoms with van der Waals surface area (Å²) in [5, 5.41) is 3.80. The molecule has 1 aromatic heterocycles. The lowest BCUT2D eigenvalue weighted by Crippen LogP contribution is -2.19. The summed E-state index contributed by atoms with van der Waals surface area (Å²) in [4.78, 5) is 4.15. The van der Waals surface area contributed by atoms with Crippen LogP contribution in [0.3, 0.4) is 0 Å². The Morgan fingerprint density at radius 1 is 1.41 bits per heavy atom. The number of hydrogen-bond donors (Lipinski definition) is 1. The zero-order valence-corrected chi connectivity index (χ0v) is 10.7. The SMILES string of the molecule is CCCOCC(N)c1noc(COC(C)C)n1. The van der Waals surface area contributed by atoms with Crippen LogP contribution < -0.4 is 5.73 Å². The van der Waals surface area contributed by atoms with Crippen LogP contribution >= 0.6 is 0 Å². The van der Waals surface area contributed by atoms with Gasteiger partial charge in [0.2, 0.25) is 0 Å². The van der Waals surface area contributed by atoms with Gasteiger partial charge in [-0.15, -0.1) is 0 Å². The van der Waals surface area contributed by atoms with Gasteiger partial charge < -0.3 is 19.7 Å². The summed E-state index contributed by atoms with van der Waals surface area (Å²) < 4.78 is 15.7. The number of rotatable bonds is 8. The quantitative estimate of drug-likeness (QED) is 0.695. The van der Waals surface area contributed by atoms with Gasteiger partial charge in [0.15, 0.2) is 5.82 Å². The highest BCUT2D eigenvalue weighted by Crippen LogP contribution is 2.08. The van der Waals surface area contributed by atoms with Crippen molar-refractivity contribution in [3.05, 3.63) is 11.7 Å². The molecule has 2 N–H and O–H groups in total. The summed E-state index contributed by atoms with van der Waals surface area (Å²) in [6.45, 7) is 7.34. The Bertz CT molecular complexity index is 315. The molecule has 0 aromatic carbocycles. The van der Waals surface area contributed by atoms with Crippen LogP contribution in [0.25, 0.3) is 0 Å². The summed E-state index contributed by atoms with van der Waals surface area (Å²) in [5.74, 6) is 0.906. The lowest BCUT2D eigenvalue weighted by atomic mass is 10.3. The van der Waals surface area contributed by atoms with E-state index in [1.54, 1.807) is 0 Å². The van der Waals surface area contributed by atoms with Gasteiger partial charge in [0, 0.05) is 6.61 Å². The van der Waals surface area contributed by atoms with Crippen LogP contribution in [0.1, 0.15) is 44.9 Å². The van der Waals surface area contributed by atoms with E-state index >= 15 is 0 Å². The summed E-state index contributed by atoms with van der Waals surface area (Å²) in [5.41, 5.74) is 5.85. The van der Waals surface area contributed by atoms with E-state index in [0.717, 1.165) is 6.42 Å². The van der Waals surface area contributed by atoms with Crippen molar-refractivity contribution in [2.45, 2.75) is 45.9 Å². The van der Waals surface area contributed by atoms with Crippen molar-refractivity contribution >= 4 is 0 Å². The average molecular weight is 243 g/mol. The minimum Gasteiger partial charge on any atom is -0.379 e. The smallest absolute Gasteiger partial charge is 0.252 e. The van der Waals surface area contributed by atoms with Crippen LogP contribution in [-0.4, -0.2) is 29.5 Å². The molecular weight excluding hydrogens is 222 g/mol. The zero-order valence-electron chi connectivity index (χ0n) is 10.7. The summed E-state index contributed by atoms with van der Waals surface area (Å²) in [6.07, 6.45) is 1.10. The molecule has 0 aliphatic carbocycles. The van der Waals surface area contributed by atoms with Gasteiger partial charge in [-0.3, -0.25) is 0 Å². The average Bonchev–Trinajstić information content (AvgIpc) is 2.75. The molecule has 0 saturated heterocycles. The van der Waals surface area contributed by atoms with Crippen molar-refractivity contribution in [2.75, 3.05) is 13.2 Å². The molecule has 1 heterocycles. The fourth-order valence-electron chi connectivity index (χ4n) is 1.14. The number of ether oxygens (including phenoxy) is 2.